The fourth-order valence-electron chi connectivity index (χ4n) is 6.17. The molecule has 138 valence electrons. The van der Waals surface area contributed by atoms with Crippen molar-refractivity contribution in [2.75, 3.05) is 6.61 Å². The van der Waals surface area contributed by atoms with Crippen LogP contribution in [0.3, 0.4) is 0 Å². The molecule has 24 heavy (non-hydrogen) atoms. The fraction of sp³-hybridized carbons (Fsp3) is 0.900. The molecule has 0 aromatic carbocycles. The van der Waals surface area contributed by atoms with E-state index in [1.807, 2.05) is 6.92 Å². The summed E-state index contributed by atoms with van der Waals surface area (Å²) in [5.74, 6) is 0.593. The van der Waals surface area contributed by atoms with Crippen LogP contribution < -0.4 is 0 Å². The van der Waals surface area contributed by atoms with Crippen LogP contribution in [0.4, 0.5) is 0 Å². The Labute approximate surface area is 145 Å². The van der Waals surface area contributed by atoms with Gasteiger partial charge >= 0.3 is 0 Å². The summed E-state index contributed by atoms with van der Waals surface area (Å²) in [6, 6.07) is 0. The second kappa shape index (κ2) is 5.80. The highest BCUT2D eigenvalue weighted by Crippen LogP contribution is 2.63. The highest BCUT2D eigenvalue weighted by atomic mass is 16.3. The van der Waals surface area contributed by atoms with Crippen molar-refractivity contribution in [2.24, 2.45) is 28.1 Å². The van der Waals surface area contributed by atoms with E-state index in [9.17, 15) is 20.4 Å². The van der Waals surface area contributed by atoms with Crippen LogP contribution in [-0.4, -0.2) is 45.3 Å². The lowest BCUT2D eigenvalue weighted by atomic mass is 9.44. The summed E-state index contributed by atoms with van der Waals surface area (Å²) < 4.78 is 0. The van der Waals surface area contributed by atoms with E-state index in [1.54, 1.807) is 0 Å². The monoisotopic (exact) mass is 338 g/mol. The molecule has 2 fully saturated rings. The predicted molar refractivity (Wildman–Crippen MR) is 93.2 cm³/mol. The molecule has 7 atom stereocenters. The quantitative estimate of drug-likeness (QED) is 0.582. The maximum absolute atomic E-state index is 10.9. The largest absolute Gasteiger partial charge is 0.394 e. The summed E-state index contributed by atoms with van der Waals surface area (Å²) in [5.41, 5.74) is 0.544. The maximum atomic E-state index is 10.9. The number of fused-ring (bicyclic) bond motifs is 3. The second-order valence-corrected chi connectivity index (χ2v) is 9.56. The lowest BCUT2D eigenvalue weighted by Gasteiger charge is -2.62. The van der Waals surface area contributed by atoms with Crippen LogP contribution in [0.2, 0.25) is 0 Å². The Morgan fingerprint density at radius 3 is 2.42 bits per heavy atom. The average molecular weight is 338 g/mol. The molecule has 0 bridgehead atoms. The van der Waals surface area contributed by atoms with Crippen LogP contribution in [0.15, 0.2) is 11.6 Å². The lowest BCUT2D eigenvalue weighted by molar-refractivity contribution is -0.189. The standard InChI is InChI=1S/C20H34O4/c1-18(2)14-6-5-12-10-19(3,17(24)11-21)8-7-13(12)20(14,4)16(23)9-15(18)22/h10,13-17,21-24H,5-9,11H2,1-4H3/t13-,14-,15-,16+,17+,19+,20+/m1/s1. The number of hydrogen-bond acceptors (Lipinski definition) is 4. The first kappa shape index (κ1) is 18.4. The van der Waals surface area contributed by atoms with Crippen LogP contribution in [0.25, 0.3) is 0 Å². The van der Waals surface area contributed by atoms with Gasteiger partial charge in [0, 0.05) is 17.3 Å². The molecule has 0 spiro atoms. The molecule has 3 aliphatic carbocycles. The molecule has 0 amide bonds. The highest BCUT2D eigenvalue weighted by Gasteiger charge is 2.61. The first-order valence-electron chi connectivity index (χ1n) is 9.44. The van der Waals surface area contributed by atoms with Gasteiger partial charge in [0.2, 0.25) is 0 Å². The number of rotatable bonds is 2. The zero-order valence-electron chi connectivity index (χ0n) is 15.5. The molecule has 0 unspecified atom stereocenters. The first-order chi connectivity index (χ1) is 11.1. The van der Waals surface area contributed by atoms with Gasteiger partial charge in [0.1, 0.15) is 0 Å². The molecule has 4 N–H and O–H groups in total. The van der Waals surface area contributed by atoms with Gasteiger partial charge in [-0.3, -0.25) is 0 Å². The molecule has 0 saturated heterocycles. The number of aliphatic hydroxyl groups is 4. The molecule has 3 rings (SSSR count). The van der Waals surface area contributed by atoms with Gasteiger partial charge in [0.05, 0.1) is 24.9 Å². The summed E-state index contributed by atoms with van der Waals surface area (Å²) in [7, 11) is 0. The van der Waals surface area contributed by atoms with E-state index < -0.39 is 18.3 Å². The highest BCUT2D eigenvalue weighted by molar-refractivity contribution is 5.26. The molecule has 0 aromatic heterocycles. The minimum absolute atomic E-state index is 0.190. The average Bonchev–Trinajstić information content (AvgIpc) is 2.52. The Morgan fingerprint density at radius 1 is 1.12 bits per heavy atom. The van der Waals surface area contributed by atoms with Crippen LogP contribution in [-0.2, 0) is 0 Å². The molecular weight excluding hydrogens is 304 g/mol. The van der Waals surface area contributed by atoms with Crippen LogP contribution in [0.5, 0.6) is 0 Å². The number of aliphatic hydroxyl groups excluding tert-OH is 4. The van der Waals surface area contributed by atoms with E-state index in [0.29, 0.717) is 12.3 Å². The normalized spacial score (nSPS) is 48.9. The minimum atomic E-state index is -0.731. The van der Waals surface area contributed by atoms with E-state index in [1.165, 1.54) is 5.57 Å². The van der Waals surface area contributed by atoms with Gasteiger partial charge in [-0.1, -0.05) is 39.3 Å². The van der Waals surface area contributed by atoms with Crippen molar-refractivity contribution in [3.05, 3.63) is 11.6 Å². The van der Waals surface area contributed by atoms with Gasteiger partial charge in [0.15, 0.2) is 0 Å². The topological polar surface area (TPSA) is 80.9 Å². The Morgan fingerprint density at radius 2 is 1.79 bits per heavy atom. The summed E-state index contributed by atoms with van der Waals surface area (Å²) in [5, 5.41) is 41.0. The van der Waals surface area contributed by atoms with Crippen molar-refractivity contribution in [1.29, 1.82) is 0 Å². The molecule has 4 nitrogen and oxygen atoms in total. The van der Waals surface area contributed by atoms with Gasteiger partial charge in [-0.2, -0.15) is 0 Å². The molecule has 2 saturated carbocycles. The van der Waals surface area contributed by atoms with Gasteiger partial charge in [-0.25, -0.2) is 0 Å². The van der Waals surface area contributed by atoms with E-state index >= 15 is 0 Å². The zero-order chi connectivity index (χ0) is 17.9. The van der Waals surface area contributed by atoms with Crippen LogP contribution >= 0.6 is 0 Å². The summed E-state index contributed by atoms with van der Waals surface area (Å²) in [6.45, 7) is 8.30. The minimum Gasteiger partial charge on any atom is -0.394 e. The molecule has 0 radical (unpaired) electrons. The molecular formula is C20H34O4. The summed E-state index contributed by atoms with van der Waals surface area (Å²) >= 11 is 0. The van der Waals surface area contributed by atoms with Crippen molar-refractivity contribution >= 4 is 0 Å². The SMILES string of the molecule is CC1(C)[C@H](O)C[C@H](O)[C@@]2(C)[C@@H]3CC[C@](C)([C@@H](O)CO)C=C3CC[C@H]12. The van der Waals surface area contributed by atoms with Gasteiger partial charge in [-0.15, -0.1) is 0 Å². The predicted octanol–water partition coefficient (Wildman–Crippen LogP) is 2.25. The van der Waals surface area contributed by atoms with Gasteiger partial charge in [-0.05, 0) is 42.9 Å². The van der Waals surface area contributed by atoms with E-state index in [0.717, 1.165) is 25.7 Å². The first-order valence-corrected chi connectivity index (χ1v) is 9.44. The van der Waals surface area contributed by atoms with E-state index in [2.05, 4.69) is 26.8 Å². The Bertz CT molecular complexity index is 528. The second-order valence-electron chi connectivity index (χ2n) is 9.56. The lowest BCUT2D eigenvalue weighted by Crippen LogP contribution is -2.61. The molecule has 0 heterocycles. The fourth-order valence-corrected chi connectivity index (χ4v) is 6.17. The zero-order valence-corrected chi connectivity index (χ0v) is 15.5. The third-order valence-electron chi connectivity index (χ3n) is 8.01. The summed E-state index contributed by atoms with van der Waals surface area (Å²) in [6.07, 6.45) is 4.62. The Kier molecular flexibility index (Phi) is 4.44. The molecule has 0 aromatic rings. The Balaban J connectivity index is 1.98. The van der Waals surface area contributed by atoms with Gasteiger partial charge in [0.25, 0.3) is 0 Å². The smallest absolute Gasteiger partial charge is 0.0858 e. The molecule has 3 aliphatic rings. The van der Waals surface area contributed by atoms with Crippen molar-refractivity contribution in [3.8, 4) is 0 Å². The van der Waals surface area contributed by atoms with Crippen molar-refractivity contribution < 1.29 is 20.4 Å². The number of hydrogen-bond donors (Lipinski definition) is 4. The van der Waals surface area contributed by atoms with Crippen molar-refractivity contribution in [3.63, 3.8) is 0 Å². The Hall–Kier alpha value is -0.420. The third kappa shape index (κ3) is 2.41. The van der Waals surface area contributed by atoms with Crippen molar-refractivity contribution in [2.45, 2.75) is 78.1 Å². The molecule has 0 aliphatic heterocycles. The molecule has 4 heteroatoms. The van der Waals surface area contributed by atoms with E-state index in [4.69, 9.17) is 0 Å². The summed E-state index contributed by atoms with van der Waals surface area (Å²) in [4.78, 5) is 0. The van der Waals surface area contributed by atoms with E-state index in [-0.39, 0.29) is 28.8 Å². The van der Waals surface area contributed by atoms with Crippen LogP contribution in [0, 0.1) is 28.1 Å². The number of allylic oxidation sites excluding steroid dienone is 1. The van der Waals surface area contributed by atoms with Crippen LogP contribution in [0.1, 0.15) is 59.8 Å². The van der Waals surface area contributed by atoms with Gasteiger partial charge < -0.3 is 20.4 Å². The van der Waals surface area contributed by atoms with Crippen molar-refractivity contribution in [1.82, 2.24) is 0 Å². The third-order valence-corrected chi connectivity index (χ3v) is 8.01. The maximum Gasteiger partial charge on any atom is 0.0858 e.